The number of aromatic nitrogens is 3. The second-order valence-corrected chi connectivity index (χ2v) is 6.44. The third-order valence-electron chi connectivity index (χ3n) is 4.37. The Kier molecular flexibility index (Phi) is 4.65. The molecule has 3 aromatic rings. The van der Waals surface area contributed by atoms with Gasteiger partial charge in [0.15, 0.2) is 12.4 Å². The Morgan fingerprint density at radius 3 is 2.52 bits per heavy atom. The number of fused-ring (bicyclic) bond motifs is 1. The summed E-state index contributed by atoms with van der Waals surface area (Å²) in [4.78, 5) is 43.8. The Labute approximate surface area is 154 Å². The van der Waals surface area contributed by atoms with Crippen LogP contribution in [-0.2, 0) is 4.74 Å². The Balaban J connectivity index is 1.83. The highest BCUT2D eigenvalue weighted by Crippen LogP contribution is 2.23. The predicted octanol–water partition coefficient (Wildman–Crippen LogP) is 3.03. The number of nitrogens with zero attached hydrogens (tertiary/aromatic N) is 2. The molecule has 0 aliphatic heterocycles. The molecule has 0 fully saturated rings. The van der Waals surface area contributed by atoms with Gasteiger partial charge in [-0.1, -0.05) is 5.16 Å². The van der Waals surface area contributed by atoms with Gasteiger partial charge in [-0.15, -0.1) is 0 Å². The van der Waals surface area contributed by atoms with Crippen molar-refractivity contribution in [2.24, 2.45) is 0 Å². The average Bonchev–Trinajstić information content (AvgIpc) is 3.11. The SMILES string of the molecule is CC(=O)c1c(C)[nH]c(C(=O)COC(=O)c2cc(C)nc3onc(C)c23)c1C. The maximum atomic E-state index is 12.5. The summed E-state index contributed by atoms with van der Waals surface area (Å²) in [6, 6.07) is 1.57. The first kappa shape index (κ1) is 18.5. The molecule has 0 atom stereocenters. The maximum absolute atomic E-state index is 12.5. The fourth-order valence-corrected chi connectivity index (χ4v) is 3.22. The van der Waals surface area contributed by atoms with Crippen LogP contribution in [0.25, 0.3) is 11.1 Å². The number of aromatic amines is 1. The van der Waals surface area contributed by atoms with E-state index >= 15 is 0 Å². The van der Waals surface area contributed by atoms with Gasteiger partial charge in [-0.25, -0.2) is 9.78 Å². The van der Waals surface area contributed by atoms with Gasteiger partial charge in [0, 0.05) is 17.0 Å². The lowest BCUT2D eigenvalue weighted by atomic mass is 10.1. The smallest absolute Gasteiger partial charge is 0.339 e. The normalized spacial score (nSPS) is 11.0. The molecule has 0 spiro atoms. The van der Waals surface area contributed by atoms with Crippen LogP contribution < -0.4 is 0 Å². The van der Waals surface area contributed by atoms with Crippen molar-refractivity contribution in [3.05, 3.63) is 45.5 Å². The van der Waals surface area contributed by atoms with Gasteiger partial charge in [0.05, 0.1) is 22.3 Å². The molecule has 3 aromatic heterocycles. The van der Waals surface area contributed by atoms with Gasteiger partial charge < -0.3 is 14.2 Å². The molecule has 3 heterocycles. The van der Waals surface area contributed by atoms with Crippen LogP contribution in [0.1, 0.15) is 60.8 Å². The lowest BCUT2D eigenvalue weighted by molar-refractivity contribution is 0.0475. The van der Waals surface area contributed by atoms with Crippen LogP contribution in [0.2, 0.25) is 0 Å². The molecule has 8 heteroatoms. The van der Waals surface area contributed by atoms with Gasteiger partial charge in [0.1, 0.15) is 0 Å². The zero-order chi connectivity index (χ0) is 19.9. The van der Waals surface area contributed by atoms with Crippen molar-refractivity contribution in [1.29, 1.82) is 0 Å². The van der Waals surface area contributed by atoms with Crippen molar-refractivity contribution in [2.45, 2.75) is 34.6 Å². The third-order valence-corrected chi connectivity index (χ3v) is 4.37. The summed E-state index contributed by atoms with van der Waals surface area (Å²) in [7, 11) is 0. The largest absolute Gasteiger partial charge is 0.454 e. The number of H-pyrrole nitrogens is 1. The van der Waals surface area contributed by atoms with E-state index in [1.54, 1.807) is 33.8 Å². The first-order valence-electron chi connectivity index (χ1n) is 8.34. The van der Waals surface area contributed by atoms with Crippen molar-refractivity contribution >= 4 is 28.6 Å². The number of hydrogen-bond acceptors (Lipinski definition) is 7. The molecule has 0 radical (unpaired) electrons. The van der Waals surface area contributed by atoms with E-state index in [0.717, 1.165) is 0 Å². The van der Waals surface area contributed by atoms with Crippen molar-refractivity contribution < 1.29 is 23.6 Å². The first-order chi connectivity index (χ1) is 12.7. The quantitative estimate of drug-likeness (QED) is 0.543. The summed E-state index contributed by atoms with van der Waals surface area (Å²) in [6.45, 7) is 7.80. The zero-order valence-electron chi connectivity index (χ0n) is 15.7. The van der Waals surface area contributed by atoms with E-state index in [9.17, 15) is 14.4 Å². The molecule has 0 bridgehead atoms. The summed E-state index contributed by atoms with van der Waals surface area (Å²) in [6.07, 6.45) is 0. The highest BCUT2D eigenvalue weighted by atomic mass is 16.5. The number of ketones is 2. The van der Waals surface area contributed by atoms with Crippen molar-refractivity contribution in [1.82, 2.24) is 15.1 Å². The fourth-order valence-electron chi connectivity index (χ4n) is 3.22. The van der Waals surface area contributed by atoms with Crippen LogP contribution in [-0.4, -0.2) is 39.3 Å². The summed E-state index contributed by atoms with van der Waals surface area (Å²) < 4.78 is 10.3. The minimum absolute atomic E-state index is 0.130. The first-order valence-corrected chi connectivity index (χ1v) is 8.34. The van der Waals surface area contributed by atoms with Crippen molar-refractivity contribution in [3.63, 3.8) is 0 Å². The van der Waals surface area contributed by atoms with E-state index in [1.807, 2.05) is 0 Å². The number of Topliss-reactive ketones (excluding diaryl/α,β-unsaturated/α-hetero) is 2. The molecule has 0 saturated carbocycles. The number of ether oxygens (including phenoxy) is 1. The van der Waals surface area contributed by atoms with Crippen LogP contribution in [0.15, 0.2) is 10.6 Å². The number of carbonyl (C=O) groups is 3. The highest BCUT2D eigenvalue weighted by Gasteiger charge is 2.23. The molecule has 0 aliphatic rings. The van der Waals surface area contributed by atoms with Crippen molar-refractivity contribution in [3.8, 4) is 0 Å². The molecule has 1 N–H and O–H groups in total. The Morgan fingerprint density at radius 2 is 1.89 bits per heavy atom. The Bertz CT molecular complexity index is 1090. The summed E-state index contributed by atoms with van der Waals surface area (Å²) in [5.74, 6) is -1.21. The molecule has 0 amide bonds. The van der Waals surface area contributed by atoms with Gasteiger partial charge in [-0.3, -0.25) is 9.59 Å². The van der Waals surface area contributed by atoms with Gasteiger partial charge in [0.2, 0.25) is 5.78 Å². The molecule has 27 heavy (non-hydrogen) atoms. The predicted molar refractivity (Wildman–Crippen MR) is 96.2 cm³/mol. The maximum Gasteiger partial charge on any atom is 0.339 e. The van der Waals surface area contributed by atoms with Gasteiger partial charge >= 0.3 is 5.97 Å². The second kappa shape index (κ2) is 6.79. The van der Waals surface area contributed by atoms with E-state index in [-0.39, 0.29) is 22.8 Å². The second-order valence-electron chi connectivity index (χ2n) is 6.44. The molecule has 0 aliphatic carbocycles. The number of rotatable bonds is 5. The molecule has 3 rings (SSSR count). The summed E-state index contributed by atoms with van der Waals surface area (Å²) in [5.41, 5.74) is 3.48. The summed E-state index contributed by atoms with van der Waals surface area (Å²) in [5, 5.41) is 4.28. The molecule has 8 nitrogen and oxygen atoms in total. The zero-order valence-corrected chi connectivity index (χ0v) is 15.7. The lowest BCUT2D eigenvalue weighted by Crippen LogP contribution is -2.16. The Morgan fingerprint density at radius 1 is 1.19 bits per heavy atom. The number of hydrogen-bond donors (Lipinski definition) is 1. The molecule has 0 aromatic carbocycles. The third kappa shape index (κ3) is 3.25. The molecule has 140 valence electrons. The average molecular weight is 369 g/mol. The molecular formula is C19H19N3O5. The van der Waals surface area contributed by atoms with Crippen LogP contribution in [0.3, 0.4) is 0 Å². The molecule has 0 saturated heterocycles. The van der Waals surface area contributed by atoms with E-state index in [0.29, 0.717) is 33.6 Å². The topological polar surface area (TPSA) is 115 Å². The minimum Gasteiger partial charge on any atom is -0.454 e. The van der Waals surface area contributed by atoms with E-state index in [4.69, 9.17) is 9.26 Å². The van der Waals surface area contributed by atoms with Gasteiger partial charge in [-0.05, 0) is 46.2 Å². The van der Waals surface area contributed by atoms with E-state index in [1.165, 1.54) is 6.92 Å². The number of esters is 1. The van der Waals surface area contributed by atoms with Crippen LogP contribution in [0, 0.1) is 27.7 Å². The standard InChI is InChI=1S/C19H19N3O5/c1-8-6-13(16-11(4)22-27-18(16)20-8)19(25)26-7-14(24)17-9(2)15(12(5)23)10(3)21-17/h6,21H,7H2,1-5H3. The van der Waals surface area contributed by atoms with E-state index < -0.39 is 18.4 Å². The number of carbonyl (C=O) groups excluding carboxylic acids is 3. The number of nitrogens with one attached hydrogen (secondary N) is 1. The number of aryl methyl sites for hydroxylation is 3. The van der Waals surface area contributed by atoms with Crippen LogP contribution >= 0.6 is 0 Å². The molecular weight excluding hydrogens is 350 g/mol. The number of pyridine rings is 1. The summed E-state index contributed by atoms with van der Waals surface area (Å²) >= 11 is 0. The highest BCUT2D eigenvalue weighted by molar-refractivity contribution is 6.06. The minimum atomic E-state index is -0.669. The monoisotopic (exact) mass is 369 g/mol. The molecule has 0 unspecified atom stereocenters. The van der Waals surface area contributed by atoms with Crippen LogP contribution in [0.5, 0.6) is 0 Å². The van der Waals surface area contributed by atoms with Gasteiger partial charge in [-0.2, -0.15) is 0 Å². The Hall–Kier alpha value is -3.29. The van der Waals surface area contributed by atoms with Crippen LogP contribution in [0.4, 0.5) is 0 Å². The van der Waals surface area contributed by atoms with E-state index in [2.05, 4.69) is 15.1 Å². The fraction of sp³-hybridized carbons (Fsp3) is 0.316. The van der Waals surface area contributed by atoms with Gasteiger partial charge in [0.25, 0.3) is 5.71 Å². The lowest BCUT2D eigenvalue weighted by Gasteiger charge is -2.06. The van der Waals surface area contributed by atoms with Crippen molar-refractivity contribution in [2.75, 3.05) is 6.61 Å².